The van der Waals surface area contributed by atoms with Crippen LogP contribution in [-0.4, -0.2) is 74.4 Å². The maximum atomic E-state index is 13.6. The third-order valence-electron chi connectivity index (χ3n) is 8.77. The third kappa shape index (κ3) is 9.15. The Morgan fingerprint density at radius 2 is 1.57 bits per heavy atom. The minimum atomic E-state index is -0.722. The number of H-pyrrole nitrogens is 1. The summed E-state index contributed by atoms with van der Waals surface area (Å²) in [5.41, 5.74) is 1.35. The quantitative estimate of drug-likeness (QED) is 0.336. The number of aromatic amines is 1. The number of ether oxygens (including phenoxy) is 1. The molecule has 2 aliphatic heterocycles. The smallest absolute Gasteiger partial charge is 0.408 e. The molecule has 2 fully saturated rings. The van der Waals surface area contributed by atoms with E-state index in [0.29, 0.717) is 36.7 Å². The van der Waals surface area contributed by atoms with Gasteiger partial charge in [0, 0.05) is 30.3 Å². The molecule has 1 aromatic carbocycles. The van der Waals surface area contributed by atoms with Crippen LogP contribution in [0.5, 0.6) is 0 Å². The van der Waals surface area contributed by atoms with E-state index in [2.05, 4.69) is 32.4 Å². The van der Waals surface area contributed by atoms with Crippen LogP contribution in [0.15, 0.2) is 30.5 Å². The Hall–Kier alpha value is -4.33. The number of rotatable bonds is 8. The molecule has 0 bridgehead atoms. The average molecular weight is 647 g/mol. The molecule has 4 amide bonds. The zero-order valence-electron chi connectivity index (χ0n) is 29.0. The topological polar surface area (TPSA) is 137 Å². The molecule has 11 heteroatoms. The van der Waals surface area contributed by atoms with Crippen molar-refractivity contribution >= 4 is 29.5 Å². The molecule has 11 nitrogen and oxygen atoms in total. The second-order valence-electron chi connectivity index (χ2n) is 14.3. The molecule has 4 rings (SSSR count). The molecule has 3 heterocycles. The molecule has 47 heavy (non-hydrogen) atoms. The SMILES string of the molecule is CC(C)[C@@H](C)C(=O)N1CCC[C@H]1C(=O)Nc1ccc(C#Cc2cnc([C@@H]3CCCN3C(=O)[C@H](NC(=O)OC(C)(C)C)C(C)C)[nH]2)cc1. The van der Waals surface area contributed by atoms with Crippen molar-refractivity contribution in [2.45, 2.75) is 105 Å². The first kappa shape index (κ1) is 35.5. The van der Waals surface area contributed by atoms with E-state index in [1.807, 2.05) is 46.8 Å². The summed E-state index contributed by atoms with van der Waals surface area (Å²) in [6.07, 6.45) is 4.09. The summed E-state index contributed by atoms with van der Waals surface area (Å²) in [5, 5.41) is 5.72. The largest absolute Gasteiger partial charge is 0.444 e. The number of amides is 4. The number of anilines is 1. The molecule has 2 aromatic rings. The van der Waals surface area contributed by atoms with E-state index in [4.69, 9.17) is 4.74 Å². The van der Waals surface area contributed by atoms with Gasteiger partial charge < -0.3 is 30.2 Å². The summed E-state index contributed by atoms with van der Waals surface area (Å²) in [6.45, 7) is 16.3. The number of alkyl carbamates (subject to hydrolysis) is 1. The fourth-order valence-corrected chi connectivity index (χ4v) is 5.86. The van der Waals surface area contributed by atoms with Gasteiger partial charge in [-0.1, -0.05) is 40.5 Å². The minimum absolute atomic E-state index is 0.0347. The van der Waals surface area contributed by atoms with E-state index in [9.17, 15) is 19.2 Å². The lowest BCUT2D eigenvalue weighted by Crippen LogP contribution is -2.52. The molecule has 1 aromatic heterocycles. The second kappa shape index (κ2) is 15.1. The van der Waals surface area contributed by atoms with E-state index in [0.717, 1.165) is 24.8 Å². The average Bonchev–Trinajstić information content (AvgIpc) is 3.78. The minimum Gasteiger partial charge on any atom is -0.444 e. The first-order valence-electron chi connectivity index (χ1n) is 16.7. The molecule has 0 radical (unpaired) electrons. The van der Waals surface area contributed by atoms with Crippen molar-refractivity contribution in [3.8, 4) is 11.8 Å². The number of carbonyl (C=O) groups is 4. The van der Waals surface area contributed by atoms with Crippen LogP contribution in [0.1, 0.15) is 104 Å². The van der Waals surface area contributed by atoms with Crippen molar-refractivity contribution in [3.05, 3.63) is 47.5 Å². The lowest BCUT2D eigenvalue weighted by Gasteiger charge is -2.31. The summed E-state index contributed by atoms with van der Waals surface area (Å²) in [5.74, 6) is 6.54. The molecule has 3 N–H and O–H groups in total. The van der Waals surface area contributed by atoms with Crippen molar-refractivity contribution in [2.75, 3.05) is 18.4 Å². The van der Waals surface area contributed by atoms with E-state index < -0.39 is 23.8 Å². The lowest BCUT2D eigenvalue weighted by molar-refractivity contribution is -0.140. The summed E-state index contributed by atoms with van der Waals surface area (Å²) < 4.78 is 5.39. The van der Waals surface area contributed by atoms with E-state index in [1.165, 1.54) is 0 Å². The van der Waals surface area contributed by atoms with Gasteiger partial charge in [-0.15, -0.1) is 0 Å². The highest BCUT2D eigenvalue weighted by atomic mass is 16.6. The first-order chi connectivity index (χ1) is 22.1. The molecule has 254 valence electrons. The van der Waals surface area contributed by atoms with Gasteiger partial charge in [-0.25, -0.2) is 9.78 Å². The van der Waals surface area contributed by atoms with Crippen LogP contribution >= 0.6 is 0 Å². The molecular weight excluding hydrogens is 596 g/mol. The van der Waals surface area contributed by atoms with Crippen molar-refractivity contribution < 1.29 is 23.9 Å². The van der Waals surface area contributed by atoms with E-state index >= 15 is 0 Å². The number of carbonyl (C=O) groups excluding carboxylic acids is 4. The van der Waals surface area contributed by atoms with E-state index in [-0.39, 0.29) is 41.5 Å². The molecule has 0 spiro atoms. The Labute approximate surface area is 278 Å². The maximum absolute atomic E-state index is 13.6. The number of hydrogen-bond acceptors (Lipinski definition) is 6. The van der Waals surface area contributed by atoms with Gasteiger partial charge in [-0.05, 0) is 88.5 Å². The highest BCUT2D eigenvalue weighted by Gasteiger charge is 2.38. The van der Waals surface area contributed by atoms with Gasteiger partial charge in [0.15, 0.2) is 0 Å². The van der Waals surface area contributed by atoms with Crippen LogP contribution in [0.25, 0.3) is 0 Å². The summed E-state index contributed by atoms with van der Waals surface area (Å²) in [7, 11) is 0. The number of hydrogen-bond donors (Lipinski definition) is 3. The standard InChI is InChI=1S/C36H50N6O5/c1-22(2)24(5)33(44)42-20-10-12-29(42)32(43)39-26-16-13-25(14-17-26)15-18-27-21-37-31(38-27)28-11-9-19-41(28)34(45)30(23(3)4)40-35(46)47-36(6,7)8/h13-14,16-17,21-24,28-30H,9-12,19-20H2,1-8H3,(H,37,38)(H,39,43)(H,40,46)/t24-,28+,29+,30-/m1/s1. The van der Waals surface area contributed by atoms with Crippen molar-refractivity contribution in [3.63, 3.8) is 0 Å². The third-order valence-corrected chi connectivity index (χ3v) is 8.77. The number of likely N-dealkylation sites (tertiary alicyclic amines) is 2. The van der Waals surface area contributed by atoms with Crippen LogP contribution in [0, 0.1) is 29.6 Å². The normalized spacial score (nSPS) is 19.3. The predicted octanol–water partition coefficient (Wildman–Crippen LogP) is 5.24. The monoisotopic (exact) mass is 646 g/mol. The van der Waals surface area contributed by atoms with Crippen molar-refractivity contribution in [1.29, 1.82) is 0 Å². The Balaban J connectivity index is 1.37. The van der Waals surface area contributed by atoms with Gasteiger partial charge >= 0.3 is 6.09 Å². The fraction of sp³-hybridized carbons (Fsp3) is 0.583. The Morgan fingerprint density at radius 3 is 2.21 bits per heavy atom. The highest BCUT2D eigenvalue weighted by Crippen LogP contribution is 2.31. The molecule has 0 unspecified atom stereocenters. The number of benzene rings is 1. The number of imidazole rings is 1. The van der Waals surface area contributed by atoms with Crippen LogP contribution in [0.3, 0.4) is 0 Å². The molecule has 4 atom stereocenters. The van der Waals surface area contributed by atoms with Gasteiger partial charge in [0.25, 0.3) is 0 Å². The number of aromatic nitrogens is 2. The van der Waals surface area contributed by atoms with Gasteiger partial charge in [0.2, 0.25) is 17.7 Å². The van der Waals surface area contributed by atoms with Crippen LogP contribution in [0.2, 0.25) is 0 Å². The lowest BCUT2D eigenvalue weighted by atomic mass is 9.96. The van der Waals surface area contributed by atoms with E-state index in [1.54, 1.807) is 48.9 Å². The fourth-order valence-electron chi connectivity index (χ4n) is 5.86. The van der Waals surface area contributed by atoms with Crippen molar-refractivity contribution in [2.24, 2.45) is 17.8 Å². The molecule has 0 aliphatic carbocycles. The molecule has 2 saturated heterocycles. The zero-order valence-corrected chi connectivity index (χ0v) is 29.0. The Kier molecular flexibility index (Phi) is 11.4. The first-order valence-corrected chi connectivity index (χ1v) is 16.7. The van der Waals surface area contributed by atoms with Gasteiger partial charge in [0.05, 0.1) is 12.2 Å². The number of nitrogens with zero attached hydrogens (tertiary/aromatic N) is 3. The van der Waals surface area contributed by atoms with Crippen LogP contribution < -0.4 is 10.6 Å². The molecular formula is C36H50N6O5. The number of nitrogens with one attached hydrogen (secondary N) is 3. The molecule has 2 aliphatic rings. The highest BCUT2D eigenvalue weighted by molar-refractivity contribution is 5.97. The predicted molar refractivity (Wildman–Crippen MR) is 180 cm³/mol. The Morgan fingerprint density at radius 1 is 0.915 bits per heavy atom. The summed E-state index contributed by atoms with van der Waals surface area (Å²) in [4.78, 5) is 63.4. The van der Waals surface area contributed by atoms with Gasteiger partial charge in [-0.2, -0.15) is 0 Å². The maximum Gasteiger partial charge on any atom is 0.408 e. The Bertz CT molecular complexity index is 1500. The van der Waals surface area contributed by atoms with Crippen molar-refractivity contribution in [1.82, 2.24) is 25.1 Å². The summed E-state index contributed by atoms with van der Waals surface area (Å²) in [6, 6.07) is 5.84. The molecule has 0 saturated carbocycles. The zero-order chi connectivity index (χ0) is 34.5. The van der Waals surface area contributed by atoms with Gasteiger partial charge in [-0.3, -0.25) is 14.4 Å². The van der Waals surface area contributed by atoms with Gasteiger partial charge in [0.1, 0.15) is 29.2 Å². The van der Waals surface area contributed by atoms with Crippen LogP contribution in [-0.2, 0) is 19.1 Å². The van der Waals surface area contributed by atoms with Crippen LogP contribution in [0.4, 0.5) is 10.5 Å². The summed E-state index contributed by atoms with van der Waals surface area (Å²) >= 11 is 0. The second-order valence-corrected chi connectivity index (χ2v) is 14.3.